The van der Waals surface area contributed by atoms with E-state index in [1.807, 2.05) is 7.05 Å². The molecular formula is C13H20ClN3O. The Morgan fingerprint density at radius 1 is 1.56 bits per heavy atom. The lowest BCUT2D eigenvalue weighted by Gasteiger charge is -2.36. The Balaban J connectivity index is 2.08. The van der Waals surface area contributed by atoms with Crippen molar-refractivity contribution in [1.29, 1.82) is 0 Å². The second-order valence-electron chi connectivity index (χ2n) is 5.16. The Bertz CT molecular complexity index is 433. The van der Waals surface area contributed by atoms with Crippen molar-refractivity contribution in [2.24, 2.45) is 13.0 Å². The topological polar surface area (TPSA) is 46.1 Å². The van der Waals surface area contributed by atoms with Crippen molar-refractivity contribution in [3.05, 3.63) is 23.0 Å². The minimum atomic E-state index is -0.0585. The SMILES string of the molecule is CC1CCNC(C)C1NC(=O)c1cc(Cl)cn1C. The van der Waals surface area contributed by atoms with Gasteiger partial charge in [0.2, 0.25) is 0 Å². The molecule has 2 heterocycles. The zero-order valence-corrected chi connectivity index (χ0v) is 11.8. The number of nitrogens with zero attached hydrogens (tertiary/aromatic N) is 1. The quantitative estimate of drug-likeness (QED) is 0.860. The molecule has 2 rings (SSSR count). The van der Waals surface area contributed by atoms with E-state index in [0.717, 1.165) is 13.0 Å². The maximum atomic E-state index is 12.2. The van der Waals surface area contributed by atoms with Gasteiger partial charge in [0.1, 0.15) is 5.69 Å². The summed E-state index contributed by atoms with van der Waals surface area (Å²) in [6.45, 7) is 5.31. The maximum absolute atomic E-state index is 12.2. The van der Waals surface area contributed by atoms with Gasteiger partial charge in [-0.25, -0.2) is 0 Å². The molecule has 18 heavy (non-hydrogen) atoms. The highest BCUT2D eigenvalue weighted by molar-refractivity contribution is 6.31. The van der Waals surface area contributed by atoms with Crippen LogP contribution in [-0.4, -0.2) is 29.1 Å². The van der Waals surface area contributed by atoms with Gasteiger partial charge in [-0.05, 0) is 31.9 Å². The second kappa shape index (κ2) is 5.33. The number of piperidine rings is 1. The Hall–Kier alpha value is -1.00. The van der Waals surface area contributed by atoms with Crippen LogP contribution in [0.5, 0.6) is 0 Å². The summed E-state index contributed by atoms with van der Waals surface area (Å²) in [7, 11) is 1.83. The fourth-order valence-electron chi connectivity index (χ4n) is 2.58. The molecule has 1 aromatic heterocycles. The molecule has 1 aliphatic heterocycles. The number of rotatable bonds is 2. The molecule has 0 saturated carbocycles. The molecule has 3 atom stereocenters. The van der Waals surface area contributed by atoms with Crippen molar-refractivity contribution in [2.45, 2.75) is 32.4 Å². The molecule has 0 radical (unpaired) electrons. The lowest BCUT2D eigenvalue weighted by molar-refractivity contribution is 0.0889. The lowest BCUT2D eigenvalue weighted by atomic mass is 9.89. The summed E-state index contributed by atoms with van der Waals surface area (Å²) in [5.74, 6) is 0.428. The number of carbonyl (C=O) groups is 1. The van der Waals surface area contributed by atoms with Crippen molar-refractivity contribution in [2.75, 3.05) is 6.54 Å². The zero-order chi connectivity index (χ0) is 13.3. The molecule has 0 bridgehead atoms. The second-order valence-corrected chi connectivity index (χ2v) is 5.60. The van der Waals surface area contributed by atoms with Crippen LogP contribution in [0, 0.1) is 5.92 Å². The van der Waals surface area contributed by atoms with Crippen LogP contribution in [0.4, 0.5) is 0 Å². The van der Waals surface area contributed by atoms with Crippen LogP contribution in [0.1, 0.15) is 30.8 Å². The fraction of sp³-hybridized carbons (Fsp3) is 0.615. The average Bonchev–Trinajstić information content (AvgIpc) is 2.63. The highest BCUT2D eigenvalue weighted by Gasteiger charge is 2.29. The van der Waals surface area contributed by atoms with E-state index in [0.29, 0.717) is 22.7 Å². The van der Waals surface area contributed by atoms with Crippen LogP contribution in [0.15, 0.2) is 12.3 Å². The number of carbonyl (C=O) groups excluding carboxylic acids is 1. The largest absolute Gasteiger partial charge is 0.346 e. The van der Waals surface area contributed by atoms with E-state index in [1.165, 1.54) is 0 Å². The number of amides is 1. The molecule has 3 unspecified atom stereocenters. The molecule has 0 aliphatic carbocycles. The molecule has 1 fully saturated rings. The molecule has 1 aromatic rings. The summed E-state index contributed by atoms with van der Waals surface area (Å²) in [5, 5.41) is 7.09. The van der Waals surface area contributed by atoms with Crippen LogP contribution < -0.4 is 10.6 Å². The zero-order valence-electron chi connectivity index (χ0n) is 11.0. The Labute approximate surface area is 113 Å². The molecule has 1 aliphatic rings. The van der Waals surface area contributed by atoms with E-state index in [1.54, 1.807) is 16.8 Å². The number of hydrogen-bond donors (Lipinski definition) is 2. The van der Waals surface area contributed by atoms with Gasteiger partial charge in [-0.15, -0.1) is 0 Å². The van der Waals surface area contributed by atoms with Crippen molar-refractivity contribution in [1.82, 2.24) is 15.2 Å². The van der Waals surface area contributed by atoms with Gasteiger partial charge in [0.05, 0.1) is 5.02 Å². The van der Waals surface area contributed by atoms with Gasteiger partial charge in [0.15, 0.2) is 0 Å². The third-order valence-electron chi connectivity index (χ3n) is 3.72. The minimum Gasteiger partial charge on any atom is -0.346 e. The minimum absolute atomic E-state index is 0.0585. The van der Waals surface area contributed by atoms with Crippen molar-refractivity contribution >= 4 is 17.5 Å². The molecule has 100 valence electrons. The third kappa shape index (κ3) is 2.70. The monoisotopic (exact) mass is 269 g/mol. The van der Waals surface area contributed by atoms with Crippen LogP contribution in [-0.2, 0) is 7.05 Å². The van der Waals surface area contributed by atoms with E-state index in [-0.39, 0.29) is 11.9 Å². The fourth-order valence-corrected chi connectivity index (χ4v) is 2.83. The van der Waals surface area contributed by atoms with Crippen molar-refractivity contribution in [3.63, 3.8) is 0 Å². The molecule has 0 aromatic carbocycles. The smallest absolute Gasteiger partial charge is 0.268 e. The van der Waals surface area contributed by atoms with Gasteiger partial charge in [0.25, 0.3) is 5.91 Å². The van der Waals surface area contributed by atoms with E-state index >= 15 is 0 Å². The normalized spacial score (nSPS) is 28.1. The molecule has 2 N–H and O–H groups in total. The van der Waals surface area contributed by atoms with Crippen LogP contribution in [0.25, 0.3) is 0 Å². The van der Waals surface area contributed by atoms with E-state index in [2.05, 4.69) is 24.5 Å². The molecule has 0 spiro atoms. The summed E-state index contributed by atoms with van der Waals surface area (Å²) in [4.78, 5) is 12.2. The van der Waals surface area contributed by atoms with Crippen molar-refractivity contribution < 1.29 is 4.79 Å². The lowest BCUT2D eigenvalue weighted by Crippen LogP contribution is -2.56. The first-order valence-corrected chi connectivity index (χ1v) is 6.73. The number of aryl methyl sites for hydroxylation is 1. The summed E-state index contributed by atoms with van der Waals surface area (Å²) in [5.41, 5.74) is 0.602. The van der Waals surface area contributed by atoms with Crippen LogP contribution in [0.3, 0.4) is 0 Å². The van der Waals surface area contributed by atoms with Crippen LogP contribution in [0.2, 0.25) is 5.02 Å². The highest BCUT2D eigenvalue weighted by atomic mass is 35.5. The van der Waals surface area contributed by atoms with E-state index in [9.17, 15) is 4.79 Å². The molecular weight excluding hydrogens is 250 g/mol. The van der Waals surface area contributed by atoms with Gasteiger partial charge in [-0.3, -0.25) is 4.79 Å². The number of hydrogen-bond acceptors (Lipinski definition) is 2. The van der Waals surface area contributed by atoms with Gasteiger partial charge in [-0.1, -0.05) is 18.5 Å². The first kappa shape index (κ1) is 13.4. The first-order valence-electron chi connectivity index (χ1n) is 6.35. The molecule has 4 nitrogen and oxygen atoms in total. The van der Waals surface area contributed by atoms with Gasteiger partial charge < -0.3 is 15.2 Å². The van der Waals surface area contributed by atoms with Gasteiger partial charge in [-0.2, -0.15) is 0 Å². The van der Waals surface area contributed by atoms with E-state index < -0.39 is 0 Å². The highest BCUT2D eigenvalue weighted by Crippen LogP contribution is 2.18. The number of aromatic nitrogens is 1. The predicted octanol–water partition coefficient (Wildman–Crippen LogP) is 1.79. The van der Waals surface area contributed by atoms with Crippen LogP contribution >= 0.6 is 11.6 Å². The Morgan fingerprint density at radius 2 is 2.28 bits per heavy atom. The summed E-state index contributed by atoms with van der Waals surface area (Å²) >= 11 is 5.90. The summed E-state index contributed by atoms with van der Waals surface area (Å²) in [6, 6.07) is 2.16. The van der Waals surface area contributed by atoms with Crippen molar-refractivity contribution in [3.8, 4) is 0 Å². The van der Waals surface area contributed by atoms with Gasteiger partial charge in [0, 0.05) is 25.3 Å². The third-order valence-corrected chi connectivity index (χ3v) is 3.93. The standard InChI is InChI=1S/C13H20ClN3O/c1-8-4-5-15-9(2)12(8)16-13(18)11-6-10(14)7-17(11)3/h6-9,12,15H,4-5H2,1-3H3,(H,16,18). The number of nitrogens with one attached hydrogen (secondary N) is 2. The summed E-state index contributed by atoms with van der Waals surface area (Å²) in [6.07, 6.45) is 2.83. The Morgan fingerprint density at radius 3 is 2.83 bits per heavy atom. The Kier molecular flexibility index (Phi) is 3.97. The average molecular weight is 270 g/mol. The van der Waals surface area contributed by atoms with Gasteiger partial charge >= 0.3 is 0 Å². The maximum Gasteiger partial charge on any atom is 0.268 e. The van der Waals surface area contributed by atoms with E-state index in [4.69, 9.17) is 11.6 Å². The number of halogens is 1. The predicted molar refractivity (Wildman–Crippen MR) is 72.9 cm³/mol. The first-order chi connectivity index (χ1) is 8.49. The summed E-state index contributed by atoms with van der Waals surface area (Å²) < 4.78 is 1.75. The molecule has 1 saturated heterocycles. The molecule has 1 amide bonds. The molecule has 5 heteroatoms.